The number of carbonyl (C=O) groups excluding carboxylic acids is 1. The van der Waals surface area contributed by atoms with Crippen molar-refractivity contribution in [3.63, 3.8) is 0 Å². The van der Waals surface area contributed by atoms with Gasteiger partial charge in [0.15, 0.2) is 5.78 Å². The Kier molecular flexibility index (Phi) is 15.3. The SMILES string of the molecule is C=N.CCC(CC)=c1ccc2c(c1)Oc1cc(N(CC)CC)ccc1C=2c1ccccc1C(=O)CCO.CCO.O.[HH].[HH]. The number of Topliss-reactive ketones (excluding diaryl/α,β-unsaturated/α-hetero) is 1. The summed E-state index contributed by atoms with van der Waals surface area (Å²) in [5, 5.41) is 24.7. The summed E-state index contributed by atoms with van der Waals surface area (Å²) in [5.41, 5.74) is 5.97. The van der Waals surface area contributed by atoms with Crippen LogP contribution in [-0.2, 0) is 0 Å². The molecule has 7 nitrogen and oxygen atoms in total. The Morgan fingerprint density at radius 1 is 0.878 bits per heavy atom. The standard InChI is InChI=1S/C31H35NO3.C2H6O.CH3N.H2O.2H2/c1-5-21(6-2)22-13-15-26-29(19-22)35-30-20-23(32(7-3)8-4)14-16-27(30)31(26)25-12-10-9-11-24(25)28(34)17-18-33;1-2-3;1-2;;;/h9-16,19-20,33H,5-8,17-18H2,1-4H3;3H,2H2,1H3;2H,1H2;1H2;2*1H. The Bertz CT molecular complexity index is 1400. The molecule has 4 rings (SSSR count). The number of nitrogens with one attached hydrogen (secondary N) is 1. The third-order valence-electron chi connectivity index (χ3n) is 6.93. The van der Waals surface area contributed by atoms with Crippen molar-refractivity contribution >= 4 is 29.3 Å². The highest BCUT2D eigenvalue weighted by atomic mass is 16.5. The number of rotatable bonds is 9. The number of hydrogen-bond acceptors (Lipinski definition) is 6. The maximum atomic E-state index is 13.0. The first-order chi connectivity index (χ1) is 19.5. The monoisotopic (exact) mass is 566 g/mol. The average Bonchev–Trinajstić information content (AvgIpc) is 2.98. The van der Waals surface area contributed by atoms with Gasteiger partial charge in [-0.1, -0.05) is 49.8 Å². The van der Waals surface area contributed by atoms with Crippen LogP contribution in [-0.4, -0.2) is 54.5 Å². The Labute approximate surface area is 247 Å². The molecular weight excluding hydrogens is 516 g/mol. The van der Waals surface area contributed by atoms with Gasteiger partial charge in [-0.3, -0.25) is 4.79 Å². The van der Waals surface area contributed by atoms with Crippen LogP contribution in [0, 0.1) is 5.41 Å². The number of ether oxygens (including phenoxy) is 1. The van der Waals surface area contributed by atoms with Crippen molar-refractivity contribution in [3.05, 3.63) is 87.8 Å². The van der Waals surface area contributed by atoms with Crippen molar-refractivity contribution in [2.75, 3.05) is 31.2 Å². The van der Waals surface area contributed by atoms with Gasteiger partial charge in [0, 0.05) is 62.6 Å². The third-order valence-corrected chi connectivity index (χ3v) is 6.93. The summed E-state index contributed by atoms with van der Waals surface area (Å²) < 4.78 is 6.55. The predicted molar refractivity (Wildman–Crippen MR) is 174 cm³/mol. The van der Waals surface area contributed by atoms with Gasteiger partial charge in [0.25, 0.3) is 0 Å². The van der Waals surface area contributed by atoms with Crippen LogP contribution in [0.25, 0.3) is 11.1 Å². The van der Waals surface area contributed by atoms with Crippen molar-refractivity contribution in [1.82, 2.24) is 0 Å². The van der Waals surface area contributed by atoms with Gasteiger partial charge in [0.2, 0.25) is 0 Å². The van der Waals surface area contributed by atoms with Gasteiger partial charge in [0.1, 0.15) is 11.5 Å². The lowest BCUT2D eigenvalue weighted by atomic mass is 9.88. The van der Waals surface area contributed by atoms with Crippen LogP contribution >= 0.6 is 0 Å². The molecule has 0 saturated carbocycles. The molecule has 0 spiro atoms. The normalized spacial score (nSPS) is 10.8. The molecule has 0 aromatic heterocycles. The summed E-state index contributed by atoms with van der Waals surface area (Å²) in [6.07, 6.45) is 2.09. The summed E-state index contributed by atoms with van der Waals surface area (Å²) in [4.78, 5) is 15.3. The van der Waals surface area contributed by atoms with Crippen molar-refractivity contribution < 1.29 is 28.1 Å². The number of benzene rings is 3. The minimum Gasteiger partial charge on any atom is -0.456 e. The molecule has 0 unspecified atom stereocenters. The first-order valence-electron chi connectivity index (χ1n) is 14.1. The summed E-state index contributed by atoms with van der Waals surface area (Å²) in [7, 11) is 0. The topological polar surface area (TPSA) is 125 Å². The molecule has 0 radical (unpaired) electrons. The summed E-state index contributed by atoms with van der Waals surface area (Å²) >= 11 is 0. The quantitative estimate of drug-likeness (QED) is 0.186. The Balaban J connectivity index is 0. The van der Waals surface area contributed by atoms with E-state index in [0.717, 1.165) is 65.0 Å². The van der Waals surface area contributed by atoms with Crippen LogP contribution in [0.4, 0.5) is 5.69 Å². The van der Waals surface area contributed by atoms with Crippen LogP contribution in [0.3, 0.4) is 0 Å². The molecule has 0 amide bonds. The minimum atomic E-state index is -0.165. The zero-order valence-electron chi connectivity index (χ0n) is 25.1. The van der Waals surface area contributed by atoms with Gasteiger partial charge >= 0.3 is 0 Å². The number of ketones is 1. The first-order valence-corrected chi connectivity index (χ1v) is 14.1. The minimum absolute atomic E-state index is 0. The Morgan fingerprint density at radius 2 is 1.51 bits per heavy atom. The lowest BCUT2D eigenvalue weighted by Gasteiger charge is -2.26. The second-order valence-corrected chi connectivity index (χ2v) is 9.11. The van der Waals surface area contributed by atoms with E-state index in [1.165, 1.54) is 10.8 Å². The van der Waals surface area contributed by atoms with E-state index in [2.05, 4.69) is 75.7 Å². The highest BCUT2D eigenvalue weighted by molar-refractivity contribution is 6.03. The van der Waals surface area contributed by atoms with E-state index in [1.54, 1.807) is 6.92 Å². The van der Waals surface area contributed by atoms with E-state index in [0.29, 0.717) is 5.56 Å². The lowest BCUT2D eigenvalue weighted by Crippen LogP contribution is -2.24. The van der Waals surface area contributed by atoms with Gasteiger partial charge in [-0.2, -0.15) is 0 Å². The number of anilines is 1. The number of nitrogens with zero attached hydrogens (tertiary/aromatic N) is 1. The molecule has 0 bridgehead atoms. The molecule has 0 aliphatic carbocycles. The Hall–Kier alpha value is -3.78. The molecule has 1 heterocycles. The van der Waals surface area contributed by atoms with Crippen molar-refractivity contribution in [1.29, 1.82) is 5.41 Å². The number of fused-ring (bicyclic) bond motifs is 2. The van der Waals surface area contributed by atoms with E-state index in [-0.39, 0.29) is 33.7 Å². The summed E-state index contributed by atoms with van der Waals surface area (Å²) in [6.45, 7) is 14.8. The van der Waals surface area contributed by atoms with Crippen LogP contribution in [0.5, 0.6) is 11.5 Å². The fourth-order valence-electron chi connectivity index (χ4n) is 5.01. The van der Waals surface area contributed by atoms with Gasteiger partial charge in [-0.25, -0.2) is 0 Å². The fraction of sp³-hybridized carbons (Fsp3) is 0.353. The molecule has 41 heavy (non-hydrogen) atoms. The maximum absolute atomic E-state index is 13.0. The molecule has 3 aromatic rings. The molecule has 1 aliphatic rings. The highest BCUT2D eigenvalue weighted by Gasteiger charge is 2.24. The van der Waals surface area contributed by atoms with E-state index in [9.17, 15) is 9.90 Å². The molecule has 7 heteroatoms. The van der Waals surface area contributed by atoms with E-state index >= 15 is 0 Å². The molecule has 226 valence electrons. The third kappa shape index (κ3) is 8.13. The van der Waals surface area contributed by atoms with E-state index in [1.807, 2.05) is 24.3 Å². The molecule has 0 fully saturated rings. The second-order valence-electron chi connectivity index (χ2n) is 9.11. The zero-order chi connectivity index (χ0) is 29.7. The second kappa shape index (κ2) is 17.8. The van der Waals surface area contributed by atoms with Crippen molar-refractivity contribution in [2.45, 2.75) is 53.9 Å². The average molecular weight is 567 g/mol. The van der Waals surface area contributed by atoms with E-state index < -0.39 is 0 Å². The largest absolute Gasteiger partial charge is 0.456 e. The highest BCUT2D eigenvalue weighted by Crippen LogP contribution is 2.39. The first kappa shape index (κ1) is 35.2. The van der Waals surface area contributed by atoms with Crippen molar-refractivity contribution in [2.24, 2.45) is 0 Å². The smallest absolute Gasteiger partial charge is 0.165 e. The van der Waals surface area contributed by atoms with Gasteiger partial charge in [-0.15, -0.1) is 0 Å². The van der Waals surface area contributed by atoms with Crippen LogP contribution in [0.15, 0.2) is 60.7 Å². The number of carbonyl (C=O) groups is 1. The predicted octanol–water partition coefficient (Wildman–Crippen LogP) is 5.35. The van der Waals surface area contributed by atoms with Crippen LogP contribution in [0.2, 0.25) is 0 Å². The summed E-state index contributed by atoms with van der Waals surface area (Å²) in [5.74, 6) is 1.55. The van der Waals surface area contributed by atoms with Crippen LogP contribution in [0.1, 0.15) is 78.2 Å². The molecule has 0 saturated heterocycles. The molecule has 1 aliphatic heterocycles. The van der Waals surface area contributed by atoms with Crippen molar-refractivity contribution in [3.8, 4) is 11.5 Å². The number of aliphatic hydroxyl groups excluding tert-OH is 2. The molecule has 3 aromatic carbocycles. The molecular formula is C34H50N2O5. The lowest BCUT2D eigenvalue weighted by molar-refractivity contribution is 0.0956. The summed E-state index contributed by atoms with van der Waals surface area (Å²) in [6, 6.07) is 20.5. The fourth-order valence-corrected chi connectivity index (χ4v) is 5.01. The zero-order valence-corrected chi connectivity index (χ0v) is 25.1. The molecule has 5 N–H and O–H groups in total. The van der Waals surface area contributed by atoms with E-state index in [4.69, 9.17) is 15.3 Å². The van der Waals surface area contributed by atoms with Gasteiger partial charge < -0.3 is 30.7 Å². The number of aliphatic hydroxyl groups is 2. The number of hydrogen-bond donors (Lipinski definition) is 3. The van der Waals surface area contributed by atoms with Crippen LogP contribution < -0.4 is 20.1 Å². The molecule has 0 atom stereocenters. The van der Waals surface area contributed by atoms with Gasteiger partial charge in [0.05, 0.1) is 6.61 Å². The maximum Gasteiger partial charge on any atom is 0.165 e. The Morgan fingerprint density at radius 3 is 2.10 bits per heavy atom. The van der Waals surface area contributed by atoms with Gasteiger partial charge in [-0.05, 0) is 75.4 Å².